The van der Waals surface area contributed by atoms with E-state index in [0.717, 1.165) is 12.8 Å². The molecule has 0 aromatic heterocycles. The van der Waals surface area contributed by atoms with Gasteiger partial charge in [-0.2, -0.15) is 8.42 Å². The minimum Gasteiger partial charge on any atom is -0.299 e. The maximum Gasteiger partial charge on any atom is 0.278 e. The third kappa shape index (κ3) is 1.91. The number of ketones is 2. The molecule has 0 heterocycles. The fourth-order valence-corrected chi connectivity index (χ4v) is 9.64. The molecule has 6 unspecified atom stereocenters. The lowest BCUT2D eigenvalue weighted by Crippen LogP contribution is -2.53. The van der Waals surface area contributed by atoms with Crippen molar-refractivity contribution in [3.63, 3.8) is 0 Å². The number of fused-ring (bicyclic) bond motifs is 4. The van der Waals surface area contributed by atoms with Crippen molar-refractivity contribution in [2.75, 3.05) is 0 Å². The Labute approximate surface area is 168 Å². The highest BCUT2D eigenvalue weighted by Crippen LogP contribution is 2.71. The summed E-state index contributed by atoms with van der Waals surface area (Å²) in [6.07, 6.45) is 3.58. The molecule has 0 amide bonds. The summed E-state index contributed by atoms with van der Waals surface area (Å²) in [6, 6.07) is 0. The molecule has 4 fully saturated rings. The summed E-state index contributed by atoms with van der Waals surface area (Å²) >= 11 is 0. The Bertz CT molecular complexity index is 871. The topological polar surface area (TPSA) is 88.5 Å². The Hall–Kier alpha value is -0.750. The normalized spacial score (nSPS) is 48.6. The maximum absolute atomic E-state index is 13.5. The van der Waals surface area contributed by atoms with Crippen LogP contribution in [0.5, 0.6) is 0 Å². The SMILES string of the molecule is CC12CCC(C(CCC3(S(=O)(=O)O)C(=O)C4(C)CCC3C4(C)C)C1=O)C2(C)C. The minimum atomic E-state index is -4.58. The molecule has 1 N–H and O–H groups in total. The van der Waals surface area contributed by atoms with Gasteiger partial charge in [0.05, 0.1) is 0 Å². The second-order valence-electron chi connectivity index (χ2n) is 11.5. The van der Waals surface area contributed by atoms with Crippen LogP contribution in [0.4, 0.5) is 0 Å². The highest BCUT2D eigenvalue weighted by atomic mass is 32.2. The highest BCUT2D eigenvalue weighted by Gasteiger charge is 2.77. The lowest BCUT2D eigenvalue weighted by atomic mass is 9.70. The molecule has 4 aliphatic carbocycles. The number of Topliss-reactive ketones (excluding diaryl/α,β-unsaturated/α-hetero) is 2. The average molecular weight is 411 g/mol. The average Bonchev–Trinajstić information content (AvgIpc) is 3.04. The number of carbonyl (C=O) groups is 2. The molecule has 6 heteroatoms. The van der Waals surface area contributed by atoms with Gasteiger partial charge >= 0.3 is 0 Å². The molecule has 4 saturated carbocycles. The highest BCUT2D eigenvalue weighted by molar-refractivity contribution is 7.88. The Morgan fingerprint density at radius 1 is 0.929 bits per heavy atom. The van der Waals surface area contributed by atoms with E-state index in [1.54, 1.807) is 0 Å². The van der Waals surface area contributed by atoms with Crippen LogP contribution < -0.4 is 0 Å². The number of rotatable bonds is 4. The lowest BCUT2D eigenvalue weighted by Gasteiger charge is -2.36. The Morgan fingerprint density at radius 3 is 1.93 bits per heavy atom. The van der Waals surface area contributed by atoms with Crippen LogP contribution >= 0.6 is 0 Å². The first kappa shape index (κ1) is 20.5. The molecule has 28 heavy (non-hydrogen) atoms. The van der Waals surface area contributed by atoms with E-state index in [-0.39, 0.29) is 40.7 Å². The summed E-state index contributed by atoms with van der Waals surface area (Å²) in [7, 11) is -4.58. The zero-order valence-electron chi connectivity index (χ0n) is 18.0. The molecule has 0 spiro atoms. The van der Waals surface area contributed by atoms with Crippen LogP contribution in [0.15, 0.2) is 0 Å². The molecule has 4 aliphatic rings. The molecule has 0 aliphatic heterocycles. The standard InChI is InChI=1S/C22H34O5S/c1-18(2)14-8-10-20(18,5)16(23)13(14)7-12-22(28(25,26)27)15-9-11-21(6,17(22)24)19(15,3)4/h13-15H,7-12H2,1-6H3,(H,25,26,27). The van der Waals surface area contributed by atoms with E-state index < -0.39 is 31.6 Å². The third-order valence-electron chi connectivity index (χ3n) is 10.6. The van der Waals surface area contributed by atoms with Crippen molar-refractivity contribution >= 4 is 21.7 Å². The van der Waals surface area contributed by atoms with Gasteiger partial charge in [-0.1, -0.05) is 41.5 Å². The van der Waals surface area contributed by atoms with Gasteiger partial charge < -0.3 is 0 Å². The van der Waals surface area contributed by atoms with Gasteiger partial charge in [0, 0.05) is 16.7 Å². The van der Waals surface area contributed by atoms with Crippen LogP contribution in [-0.2, 0) is 19.7 Å². The van der Waals surface area contributed by atoms with Crippen molar-refractivity contribution in [3.05, 3.63) is 0 Å². The van der Waals surface area contributed by atoms with Crippen LogP contribution in [0, 0.1) is 39.4 Å². The predicted octanol–water partition coefficient (Wildman–Crippen LogP) is 4.06. The van der Waals surface area contributed by atoms with E-state index in [0.29, 0.717) is 19.3 Å². The van der Waals surface area contributed by atoms with Gasteiger partial charge in [-0.3, -0.25) is 14.1 Å². The first-order chi connectivity index (χ1) is 12.6. The summed E-state index contributed by atoms with van der Waals surface area (Å²) in [5, 5.41) is 0. The van der Waals surface area contributed by atoms with Crippen molar-refractivity contribution in [1.82, 2.24) is 0 Å². The van der Waals surface area contributed by atoms with Gasteiger partial charge in [-0.05, 0) is 61.2 Å². The van der Waals surface area contributed by atoms with E-state index >= 15 is 0 Å². The third-order valence-corrected chi connectivity index (χ3v) is 12.2. The molecule has 4 rings (SSSR count). The summed E-state index contributed by atoms with van der Waals surface area (Å²) in [5.41, 5.74) is -1.69. The van der Waals surface area contributed by atoms with Gasteiger partial charge in [-0.25, -0.2) is 0 Å². The molecule has 5 nitrogen and oxygen atoms in total. The van der Waals surface area contributed by atoms with Gasteiger partial charge in [0.1, 0.15) is 5.78 Å². The first-order valence-electron chi connectivity index (χ1n) is 10.7. The summed E-state index contributed by atoms with van der Waals surface area (Å²) < 4.78 is 33.9. The number of hydrogen-bond donors (Lipinski definition) is 1. The summed E-state index contributed by atoms with van der Waals surface area (Å²) in [4.78, 5) is 26.7. The second kappa shape index (κ2) is 5.29. The van der Waals surface area contributed by atoms with E-state index in [9.17, 15) is 22.6 Å². The van der Waals surface area contributed by atoms with Crippen LogP contribution in [-0.4, -0.2) is 29.3 Å². The molecular weight excluding hydrogens is 376 g/mol. The smallest absolute Gasteiger partial charge is 0.278 e. The van der Waals surface area contributed by atoms with E-state index in [1.165, 1.54) is 0 Å². The van der Waals surface area contributed by atoms with E-state index in [4.69, 9.17) is 0 Å². The zero-order chi connectivity index (χ0) is 21.1. The quantitative estimate of drug-likeness (QED) is 0.706. The first-order valence-corrected chi connectivity index (χ1v) is 12.1. The fraction of sp³-hybridized carbons (Fsp3) is 0.909. The summed E-state index contributed by atoms with van der Waals surface area (Å²) in [6.45, 7) is 12.1. The monoisotopic (exact) mass is 410 g/mol. The largest absolute Gasteiger partial charge is 0.299 e. The van der Waals surface area contributed by atoms with Crippen LogP contribution in [0.3, 0.4) is 0 Å². The Balaban J connectivity index is 1.71. The molecule has 4 bridgehead atoms. The predicted molar refractivity (Wildman–Crippen MR) is 106 cm³/mol. The second-order valence-corrected chi connectivity index (χ2v) is 13.2. The number of hydrogen-bond acceptors (Lipinski definition) is 4. The fourth-order valence-electron chi connectivity index (χ4n) is 8.04. The molecule has 158 valence electrons. The van der Waals surface area contributed by atoms with Crippen LogP contribution in [0.25, 0.3) is 0 Å². The Kier molecular flexibility index (Phi) is 3.88. The van der Waals surface area contributed by atoms with Crippen molar-refractivity contribution in [1.29, 1.82) is 0 Å². The molecule has 0 aromatic carbocycles. The number of carbonyl (C=O) groups excluding carboxylic acids is 2. The van der Waals surface area contributed by atoms with E-state index in [1.807, 2.05) is 27.7 Å². The molecular formula is C22H34O5S. The van der Waals surface area contributed by atoms with Gasteiger partial charge in [0.2, 0.25) is 0 Å². The zero-order valence-corrected chi connectivity index (χ0v) is 18.8. The van der Waals surface area contributed by atoms with Crippen molar-refractivity contribution in [2.45, 2.75) is 84.8 Å². The van der Waals surface area contributed by atoms with Crippen molar-refractivity contribution < 1.29 is 22.6 Å². The molecule has 0 saturated heterocycles. The molecule has 0 radical (unpaired) electrons. The lowest BCUT2D eigenvalue weighted by molar-refractivity contribution is -0.133. The minimum absolute atomic E-state index is 0.0629. The van der Waals surface area contributed by atoms with Crippen molar-refractivity contribution in [2.24, 2.45) is 39.4 Å². The molecule has 0 aromatic rings. The molecule has 6 atom stereocenters. The Morgan fingerprint density at radius 2 is 1.50 bits per heavy atom. The van der Waals surface area contributed by atoms with Gasteiger partial charge in [-0.15, -0.1) is 0 Å². The van der Waals surface area contributed by atoms with Crippen LogP contribution in [0.1, 0.15) is 80.1 Å². The van der Waals surface area contributed by atoms with Gasteiger partial charge in [0.15, 0.2) is 10.5 Å². The van der Waals surface area contributed by atoms with Gasteiger partial charge in [0.25, 0.3) is 10.1 Å². The summed E-state index contributed by atoms with van der Waals surface area (Å²) in [5.74, 6) is -0.495. The van der Waals surface area contributed by atoms with Crippen LogP contribution in [0.2, 0.25) is 0 Å². The maximum atomic E-state index is 13.5. The van der Waals surface area contributed by atoms with Crippen molar-refractivity contribution in [3.8, 4) is 0 Å². The van der Waals surface area contributed by atoms with E-state index in [2.05, 4.69) is 13.8 Å².